The molecule has 2 aliphatic rings. The van der Waals surface area contributed by atoms with E-state index in [-0.39, 0.29) is 46.9 Å². The fourth-order valence-electron chi connectivity index (χ4n) is 6.28. The van der Waals surface area contributed by atoms with Gasteiger partial charge >= 0.3 is 0 Å². The lowest BCUT2D eigenvalue weighted by Crippen LogP contribution is -2.58. The van der Waals surface area contributed by atoms with Gasteiger partial charge < -0.3 is 15.7 Å². The first kappa shape index (κ1) is 24.0. The molecule has 5 nitrogen and oxygen atoms in total. The maximum absolute atomic E-state index is 12.9. The summed E-state index contributed by atoms with van der Waals surface area (Å²) in [5, 5.41) is 19.8. The highest BCUT2D eigenvalue weighted by Crippen LogP contribution is 2.55. The molecule has 0 bridgehead atoms. The summed E-state index contributed by atoms with van der Waals surface area (Å²) in [7, 11) is 0. The Morgan fingerprint density at radius 1 is 1.15 bits per heavy atom. The number of rotatable bonds is 6. The van der Waals surface area contributed by atoms with Crippen LogP contribution in [0.1, 0.15) is 61.7 Å². The lowest BCUT2D eigenvalue weighted by atomic mass is 9.51. The molecule has 0 aliphatic heterocycles. The zero-order chi connectivity index (χ0) is 23.6. The summed E-state index contributed by atoms with van der Waals surface area (Å²) in [5.41, 5.74) is 0.701. The molecule has 1 aromatic heterocycles. The number of aliphatic hydroxyl groups excluding tert-OH is 1. The van der Waals surface area contributed by atoms with Crippen LogP contribution in [0.4, 0.5) is 0 Å². The van der Waals surface area contributed by atoms with Gasteiger partial charge in [-0.25, -0.2) is 0 Å². The Balaban J connectivity index is 1.43. The van der Waals surface area contributed by atoms with Gasteiger partial charge in [0.25, 0.3) is 5.91 Å². The lowest BCUT2D eigenvalue weighted by molar-refractivity contribution is -0.142. The van der Waals surface area contributed by atoms with Crippen molar-refractivity contribution >= 4 is 23.2 Å². The van der Waals surface area contributed by atoms with Gasteiger partial charge in [-0.05, 0) is 72.4 Å². The van der Waals surface area contributed by atoms with Gasteiger partial charge in [-0.3, -0.25) is 9.59 Å². The van der Waals surface area contributed by atoms with Crippen LogP contribution < -0.4 is 10.6 Å². The van der Waals surface area contributed by atoms with Crippen molar-refractivity contribution < 1.29 is 14.7 Å². The average molecular weight is 469 g/mol. The van der Waals surface area contributed by atoms with Gasteiger partial charge in [-0.15, -0.1) is 11.3 Å². The third-order valence-electron chi connectivity index (χ3n) is 8.31. The molecule has 7 atom stereocenters. The van der Waals surface area contributed by atoms with Crippen molar-refractivity contribution in [2.45, 2.75) is 65.1 Å². The first-order chi connectivity index (χ1) is 15.8. The second kappa shape index (κ2) is 9.98. The number of aliphatic hydroxyl groups is 1. The van der Waals surface area contributed by atoms with Crippen molar-refractivity contribution in [2.24, 2.45) is 29.1 Å². The predicted octanol–water partition coefficient (Wildman–Crippen LogP) is 4.62. The van der Waals surface area contributed by atoms with Crippen molar-refractivity contribution in [2.75, 3.05) is 0 Å². The molecule has 0 unspecified atom stereocenters. The van der Waals surface area contributed by atoms with Crippen LogP contribution in [-0.4, -0.2) is 29.1 Å². The fourth-order valence-corrected chi connectivity index (χ4v) is 6.93. The molecule has 3 N–H and O–H groups in total. The molecule has 178 valence electrons. The van der Waals surface area contributed by atoms with E-state index in [1.54, 1.807) is 11.3 Å². The Morgan fingerprint density at radius 2 is 1.88 bits per heavy atom. The molecule has 33 heavy (non-hydrogen) atoms. The normalized spacial score (nSPS) is 32.4. The summed E-state index contributed by atoms with van der Waals surface area (Å²) in [5.74, 6) is -0.185. The molecule has 2 amide bonds. The smallest absolute Gasteiger partial charge is 0.251 e. The Morgan fingerprint density at radius 3 is 2.58 bits per heavy atom. The minimum absolute atomic E-state index is 0.00782. The van der Waals surface area contributed by atoms with Crippen molar-refractivity contribution in [3.05, 3.63) is 58.3 Å². The topological polar surface area (TPSA) is 78.4 Å². The highest BCUT2D eigenvalue weighted by Gasteiger charge is 2.53. The molecule has 0 spiro atoms. The summed E-state index contributed by atoms with van der Waals surface area (Å²) in [4.78, 5) is 26.8. The summed E-state index contributed by atoms with van der Waals surface area (Å²) in [6.07, 6.45) is 3.20. The highest BCUT2D eigenvalue weighted by atomic mass is 32.1. The van der Waals surface area contributed by atoms with Crippen LogP contribution in [0.15, 0.2) is 47.8 Å². The lowest BCUT2D eigenvalue weighted by Gasteiger charge is -2.56. The van der Waals surface area contributed by atoms with Crippen molar-refractivity contribution in [3.63, 3.8) is 0 Å². The van der Waals surface area contributed by atoms with Crippen LogP contribution in [0.5, 0.6) is 0 Å². The SMILES string of the molecule is C[C@H]1[C@@H]2[C@@H](O)[C@H]([C@H](C)C(=O)NCc3cccs3)CC[C@@]2(C)CC[C@@H]1NC(=O)c1ccccc1. The van der Waals surface area contributed by atoms with Gasteiger partial charge in [-0.2, -0.15) is 0 Å². The molecule has 2 aromatic rings. The van der Waals surface area contributed by atoms with E-state index in [0.29, 0.717) is 12.1 Å². The molecule has 0 radical (unpaired) electrons. The van der Waals surface area contributed by atoms with Crippen LogP contribution >= 0.6 is 11.3 Å². The Labute approximate surface area is 201 Å². The molecular formula is C27H36N2O3S. The second-order valence-corrected chi connectivity index (χ2v) is 11.3. The third kappa shape index (κ3) is 5.02. The van der Waals surface area contributed by atoms with E-state index in [9.17, 15) is 14.7 Å². The summed E-state index contributed by atoms with van der Waals surface area (Å²) < 4.78 is 0. The highest BCUT2D eigenvalue weighted by molar-refractivity contribution is 7.09. The number of carbonyl (C=O) groups is 2. The number of fused-ring (bicyclic) bond motifs is 1. The maximum atomic E-state index is 12.9. The van der Waals surface area contributed by atoms with Gasteiger partial charge in [0.1, 0.15) is 0 Å². The molecule has 1 aromatic carbocycles. The standard InChI is InChI=1S/C27H36N2O3S/c1-17(25(31)28-16-20-10-7-15-33-20)21-11-13-27(3)14-12-22(18(2)23(27)24(21)30)29-26(32)19-8-5-4-6-9-19/h4-10,15,17-18,21-24,30H,11-14,16H2,1-3H3,(H,28,31)(H,29,32)/t17-,18+,21-,22-,23+,24-,27-/m0/s1. The monoisotopic (exact) mass is 468 g/mol. The average Bonchev–Trinajstić information content (AvgIpc) is 3.33. The Hall–Kier alpha value is -2.18. The largest absolute Gasteiger partial charge is 0.392 e. The van der Waals surface area contributed by atoms with E-state index in [1.165, 1.54) is 0 Å². The van der Waals surface area contributed by atoms with E-state index in [2.05, 4.69) is 24.5 Å². The number of amides is 2. The van der Waals surface area contributed by atoms with Crippen LogP contribution in [0.25, 0.3) is 0 Å². The third-order valence-corrected chi connectivity index (χ3v) is 9.19. The Bertz CT molecular complexity index is 948. The van der Waals surface area contributed by atoms with Crippen LogP contribution in [0.3, 0.4) is 0 Å². The molecular weight excluding hydrogens is 432 g/mol. The van der Waals surface area contributed by atoms with Crippen LogP contribution in [0, 0.1) is 29.1 Å². The van der Waals surface area contributed by atoms with Crippen molar-refractivity contribution in [3.8, 4) is 0 Å². The minimum Gasteiger partial charge on any atom is -0.392 e. The van der Waals surface area contributed by atoms with Gasteiger partial charge in [0.15, 0.2) is 0 Å². The first-order valence-corrected chi connectivity index (χ1v) is 13.0. The molecule has 6 heteroatoms. The molecule has 4 rings (SSSR count). The maximum Gasteiger partial charge on any atom is 0.251 e. The van der Waals surface area contributed by atoms with Crippen molar-refractivity contribution in [1.29, 1.82) is 0 Å². The molecule has 2 fully saturated rings. The number of hydrogen-bond acceptors (Lipinski definition) is 4. The van der Waals surface area contributed by atoms with Gasteiger partial charge in [0, 0.05) is 22.4 Å². The number of carbonyl (C=O) groups excluding carboxylic acids is 2. The number of thiophene rings is 1. The summed E-state index contributed by atoms with van der Waals surface area (Å²) in [6, 6.07) is 13.3. The van der Waals surface area contributed by atoms with Crippen molar-refractivity contribution in [1.82, 2.24) is 10.6 Å². The van der Waals surface area contributed by atoms with Crippen LogP contribution in [0.2, 0.25) is 0 Å². The molecule has 1 heterocycles. The molecule has 2 saturated carbocycles. The number of benzene rings is 1. The number of nitrogens with one attached hydrogen (secondary N) is 2. The van der Waals surface area contributed by atoms with Crippen LogP contribution in [-0.2, 0) is 11.3 Å². The van der Waals surface area contributed by atoms with E-state index in [0.717, 1.165) is 30.6 Å². The quantitative estimate of drug-likeness (QED) is 0.579. The van der Waals surface area contributed by atoms with Gasteiger partial charge in [0.2, 0.25) is 5.91 Å². The summed E-state index contributed by atoms with van der Waals surface area (Å²) >= 11 is 1.63. The zero-order valence-electron chi connectivity index (χ0n) is 19.8. The molecule has 2 aliphatic carbocycles. The van der Waals surface area contributed by atoms with E-state index < -0.39 is 6.10 Å². The Kier molecular flexibility index (Phi) is 7.25. The predicted molar refractivity (Wildman–Crippen MR) is 132 cm³/mol. The zero-order valence-corrected chi connectivity index (χ0v) is 20.6. The summed E-state index contributed by atoms with van der Waals surface area (Å²) in [6.45, 7) is 6.92. The van der Waals surface area contributed by atoms with Gasteiger partial charge in [-0.1, -0.05) is 45.0 Å². The second-order valence-electron chi connectivity index (χ2n) is 10.3. The molecule has 0 saturated heterocycles. The van der Waals surface area contributed by atoms with E-state index in [4.69, 9.17) is 0 Å². The minimum atomic E-state index is -0.558. The first-order valence-electron chi connectivity index (χ1n) is 12.1. The number of hydrogen-bond donors (Lipinski definition) is 3. The fraction of sp³-hybridized carbons (Fsp3) is 0.556. The van der Waals surface area contributed by atoms with E-state index in [1.807, 2.05) is 54.8 Å². The van der Waals surface area contributed by atoms with Gasteiger partial charge in [0.05, 0.1) is 12.6 Å². The van der Waals surface area contributed by atoms with E-state index >= 15 is 0 Å².